The first-order chi connectivity index (χ1) is 12.2. The summed E-state index contributed by atoms with van der Waals surface area (Å²) in [6, 6.07) is 7.08. The van der Waals surface area contributed by atoms with Crippen LogP contribution in [0, 0.1) is 0 Å². The molecule has 0 bridgehead atoms. The van der Waals surface area contributed by atoms with Gasteiger partial charge in [-0.05, 0) is 49.6 Å². The fourth-order valence-corrected chi connectivity index (χ4v) is 1.77. The zero-order chi connectivity index (χ0) is 19.7. The molecule has 0 fully saturated rings. The van der Waals surface area contributed by atoms with E-state index in [0.717, 1.165) is 16.7 Å². The molecule has 0 saturated heterocycles. The van der Waals surface area contributed by atoms with Crippen LogP contribution in [0.25, 0.3) is 5.57 Å². The van der Waals surface area contributed by atoms with E-state index in [1.165, 1.54) is 0 Å². The van der Waals surface area contributed by atoms with Crippen molar-refractivity contribution < 1.29 is 19.1 Å². The molecule has 1 rings (SSSR count). The number of benzene rings is 1. The van der Waals surface area contributed by atoms with Gasteiger partial charge in [0.1, 0.15) is 12.4 Å². The van der Waals surface area contributed by atoms with E-state index in [9.17, 15) is 9.59 Å². The van der Waals surface area contributed by atoms with E-state index in [4.69, 9.17) is 9.47 Å². The molecule has 1 aromatic carbocycles. The van der Waals surface area contributed by atoms with Gasteiger partial charge in [-0.2, -0.15) is 0 Å². The fourth-order valence-electron chi connectivity index (χ4n) is 1.77. The number of rotatable bonds is 8. The lowest BCUT2D eigenvalue weighted by molar-refractivity contribution is -0.138. The van der Waals surface area contributed by atoms with Crippen molar-refractivity contribution in [1.29, 1.82) is 0 Å². The molecule has 0 saturated carbocycles. The number of hydrogen-bond donors (Lipinski definition) is 0. The predicted molar refractivity (Wildman–Crippen MR) is 105 cm³/mol. The summed E-state index contributed by atoms with van der Waals surface area (Å²) in [5.74, 6) is -0.422. The Kier molecular flexibility index (Phi) is 8.03. The SMILES string of the molecule is C=CC(=CC=C(C)COC(=O)C(=C)C)c1ccc(OC(=O)C(=C)C)cc1. The second kappa shape index (κ2) is 9.99. The van der Waals surface area contributed by atoms with Crippen LogP contribution in [0.4, 0.5) is 0 Å². The van der Waals surface area contributed by atoms with E-state index in [0.29, 0.717) is 16.9 Å². The molecule has 26 heavy (non-hydrogen) atoms. The number of esters is 2. The summed E-state index contributed by atoms with van der Waals surface area (Å²) >= 11 is 0. The third-order valence-corrected chi connectivity index (χ3v) is 3.29. The summed E-state index contributed by atoms with van der Waals surface area (Å²) in [6.45, 7) is 16.2. The Hall–Kier alpha value is -3.14. The molecule has 0 N–H and O–H groups in total. The van der Waals surface area contributed by atoms with Crippen molar-refractivity contribution in [3.63, 3.8) is 0 Å². The molecule has 4 heteroatoms. The van der Waals surface area contributed by atoms with Gasteiger partial charge in [0.25, 0.3) is 0 Å². The lowest BCUT2D eigenvalue weighted by Gasteiger charge is -2.06. The van der Waals surface area contributed by atoms with Crippen molar-refractivity contribution >= 4 is 17.5 Å². The van der Waals surface area contributed by atoms with E-state index < -0.39 is 11.9 Å². The summed E-state index contributed by atoms with van der Waals surface area (Å²) in [5, 5.41) is 0. The van der Waals surface area contributed by atoms with Gasteiger partial charge in [-0.15, -0.1) is 0 Å². The topological polar surface area (TPSA) is 52.6 Å². The van der Waals surface area contributed by atoms with Gasteiger partial charge >= 0.3 is 11.9 Å². The van der Waals surface area contributed by atoms with E-state index in [1.807, 2.05) is 31.2 Å². The smallest absolute Gasteiger partial charge is 0.338 e. The van der Waals surface area contributed by atoms with Gasteiger partial charge in [0.2, 0.25) is 0 Å². The highest BCUT2D eigenvalue weighted by Gasteiger charge is 2.06. The lowest BCUT2D eigenvalue weighted by Crippen LogP contribution is -2.07. The first-order valence-electron chi connectivity index (χ1n) is 8.05. The van der Waals surface area contributed by atoms with Gasteiger partial charge in [0, 0.05) is 11.1 Å². The average molecular weight is 352 g/mol. The molecular weight excluding hydrogens is 328 g/mol. The standard InChI is InChI=1S/C22H24O4/c1-7-18(9-8-17(6)14-25-21(23)15(2)3)19-10-12-20(13-11-19)26-22(24)16(4)5/h7-13H,1-2,4,14H2,3,5-6H3. The quantitative estimate of drug-likeness (QED) is 0.292. The molecule has 1 aromatic rings. The van der Waals surface area contributed by atoms with Crippen molar-refractivity contribution in [1.82, 2.24) is 0 Å². The van der Waals surface area contributed by atoms with Gasteiger partial charge in [-0.3, -0.25) is 0 Å². The third kappa shape index (κ3) is 6.77. The highest BCUT2D eigenvalue weighted by atomic mass is 16.5. The van der Waals surface area contributed by atoms with Crippen LogP contribution in [0.15, 0.2) is 78.9 Å². The van der Waals surface area contributed by atoms with Crippen LogP contribution in [0.1, 0.15) is 26.3 Å². The summed E-state index contributed by atoms with van der Waals surface area (Å²) in [6.07, 6.45) is 5.46. The molecule has 136 valence electrons. The second-order valence-corrected chi connectivity index (χ2v) is 5.89. The molecule has 0 spiro atoms. The molecule has 0 aliphatic heterocycles. The summed E-state index contributed by atoms with van der Waals surface area (Å²) in [4.78, 5) is 22.9. The molecule has 0 aliphatic carbocycles. The van der Waals surface area contributed by atoms with Crippen LogP contribution in [-0.4, -0.2) is 18.5 Å². The molecule has 0 amide bonds. The molecule has 0 aromatic heterocycles. The maximum absolute atomic E-state index is 11.5. The van der Waals surface area contributed by atoms with Crippen molar-refractivity contribution in [2.75, 3.05) is 6.61 Å². The van der Waals surface area contributed by atoms with Crippen LogP contribution in [0.3, 0.4) is 0 Å². The van der Waals surface area contributed by atoms with E-state index in [2.05, 4.69) is 19.7 Å². The van der Waals surface area contributed by atoms with Gasteiger partial charge in [0.05, 0.1) is 0 Å². The van der Waals surface area contributed by atoms with Gasteiger partial charge < -0.3 is 9.47 Å². The number of hydrogen-bond acceptors (Lipinski definition) is 4. The minimum absolute atomic E-state index is 0.197. The van der Waals surface area contributed by atoms with E-state index in [-0.39, 0.29) is 6.61 Å². The summed E-state index contributed by atoms with van der Waals surface area (Å²) < 4.78 is 10.3. The van der Waals surface area contributed by atoms with Gasteiger partial charge in [-0.25, -0.2) is 9.59 Å². The van der Waals surface area contributed by atoms with Gasteiger partial charge in [-0.1, -0.05) is 50.1 Å². The Morgan fingerprint density at radius 1 is 0.962 bits per heavy atom. The van der Waals surface area contributed by atoms with Gasteiger partial charge in [0.15, 0.2) is 0 Å². The van der Waals surface area contributed by atoms with Crippen molar-refractivity contribution in [3.8, 4) is 5.75 Å². The van der Waals surface area contributed by atoms with Crippen LogP contribution < -0.4 is 4.74 Å². The molecule has 0 atom stereocenters. The molecule has 0 unspecified atom stereocenters. The Bertz CT molecular complexity index is 777. The van der Waals surface area contributed by atoms with Crippen molar-refractivity contribution in [3.05, 3.63) is 84.5 Å². The van der Waals surface area contributed by atoms with Crippen LogP contribution in [0.5, 0.6) is 5.75 Å². The Labute approximate surface area is 154 Å². The number of allylic oxidation sites excluding steroid dienone is 4. The summed E-state index contributed by atoms with van der Waals surface area (Å²) in [7, 11) is 0. The minimum Gasteiger partial charge on any atom is -0.458 e. The first-order valence-corrected chi connectivity index (χ1v) is 8.05. The van der Waals surface area contributed by atoms with Crippen molar-refractivity contribution in [2.45, 2.75) is 20.8 Å². The average Bonchev–Trinajstić information content (AvgIpc) is 2.61. The number of ether oxygens (including phenoxy) is 2. The molecule has 0 aliphatic rings. The number of carbonyl (C=O) groups excluding carboxylic acids is 2. The fraction of sp³-hybridized carbons (Fsp3) is 0.182. The second-order valence-electron chi connectivity index (χ2n) is 5.89. The Morgan fingerprint density at radius 2 is 1.54 bits per heavy atom. The maximum Gasteiger partial charge on any atom is 0.338 e. The lowest BCUT2D eigenvalue weighted by atomic mass is 10.0. The largest absolute Gasteiger partial charge is 0.458 e. The monoisotopic (exact) mass is 352 g/mol. The first kappa shape index (κ1) is 20.9. The zero-order valence-corrected chi connectivity index (χ0v) is 15.5. The van der Waals surface area contributed by atoms with Crippen LogP contribution in [0.2, 0.25) is 0 Å². The normalized spacial score (nSPS) is 11.5. The Morgan fingerprint density at radius 3 is 2.04 bits per heavy atom. The van der Waals surface area contributed by atoms with Crippen LogP contribution >= 0.6 is 0 Å². The highest BCUT2D eigenvalue weighted by Crippen LogP contribution is 2.20. The maximum atomic E-state index is 11.5. The van der Waals surface area contributed by atoms with E-state index >= 15 is 0 Å². The predicted octanol–water partition coefficient (Wildman–Crippen LogP) is 4.80. The van der Waals surface area contributed by atoms with E-state index in [1.54, 1.807) is 32.1 Å². The molecular formula is C22H24O4. The summed E-state index contributed by atoms with van der Waals surface area (Å²) in [5.41, 5.74) is 3.39. The minimum atomic E-state index is -0.458. The zero-order valence-electron chi connectivity index (χ0n) is 15.5. The molecule has 0 heterocycles. The highest BCUT2D eigenvalue weighted by molar-refractivity contribution is 5.89. The number of carbonyl (C=O) groups is 2. The molecule has 0 radical (unpaired) electrons. The third-order valence-electron chi connectivity index (χ3n) is 3.29. The molecule has 4 nitrogen and oxygen atoms in total. The Balaban J connectivity index is 2.82. The van der Waals surface area contributed by atoms with Crippen molar-refractivity contribution in [2.24, 2.45) is 0 Å². The van der Waals surface area contributed by atoms with Crippen LogP contribution in [-0.2, 0) is 14.3 Å².